The normalized spacial score (nSPS) is 21.5. The molecule has 2 aromatic carbocycles. The molecule has 0 unspecified atom stereocenters. The minimum Gasteiger partial charge on any atom is -0.497 e. The maximum Gasteiger partial charge on any atom is 0.256 e. The summed E-state index contributed by atoms with van der Waals surface area (Å²) < 4.78 is 5.33. The number of fused-ring (bicyclic) bond motifs is 6. The highest BCUT2D eigenvalue weighted by molar-refractivity contribution is 7.16. The van der Waals surface area contributed by atoms with Crippen molar-refractivity contribution in [3.05, 3.63) is 81.2 Å². The van der Waals surface area contributed by atoms with Gasteiger partial charge < -0.3 is 15.0 Å². The van der Waals surface area contributed by atoms with Crippen LogP contribution in [0.5, 0.6) is 5.75 Å². The van der Waals surface area contributed by atoms with Crippen LogP contribution in [0.4, 0.5) is 5.00 Å². The van der Waals surface area contributed by atoms with E-state index in [-0.39, 0.29) is 18.0 Å². The van der Waals surface area contributed by atoms with Crippen molar-refractivity contribution in [2.75, 3.05) is 12.0 Å². The molecule has 3 aliphatic rings. The fraction of sp³-hybridized carbons (Fsp3) is 0.346. The van der Waals surface area contributed by atoms with Gasteiger partial charge in [-0.05, 0) is 66.5 Å². The third-order valence-corrected chi connectivity index (χ3v) is 8.38. The highest BCUT2D eigenvalue weighted by Gasteiger charge is 2.43. The number of methoxy groups -OCH3 is 1. The molecule has 5 heteroatoms. The monoisotopic (exact) mass is 430 g/mol. The summed E-state index contributed by atoms with van der Waals surface area (Å²) in [6, 6.07) is 17.1. The molecule has 4 nitrogen and oxygen atoms in total. The molecule has 1 N–H and O–H groups in total. The van der Waals surface area contributed by atoms with Crippen molar-refractivity contribution in [3.8, 4) is 5.75 Å². The van der Waals surface area contributed by atoms with E-state index in [1.54, 1.807) is 7.11 Å². The zero-order chi connectivity index (χ0) is 20.9. The molecular formula is C26H26N2O2S. The van der Waals surface area contributed by atoms with Gasteiger partial charge in [0, 0.05) is 17.3 Å². The zero-order valence-corrected chi connectivity index (χ0v) is 18.5. The maximum atomic E-state index is 13.3. The van der Waals surface area contributed by atoms with Crippen molar-refractivity contribution < 1.29 is 9.53 Å². The van der Waals surface area contributed by atoms with Gasteiger partial charge in [0.2, 0.25) is 0 Å². The molecule has 2 aliphatic heterocycles. The van der Waals surface area contributed by atoms with Crippen molar-refractivity contribution in [3.63, 3.8) is 0 Å². The van der Waals surface area contributed by atoms with Gasteiger partial charge in [-0.1, -0.05) is 36.4 Å². The Morgan fingerprint density at radius 1 is 1.10 bits per heavy atom. The Kier molecular flexibility index (Phi) is 4.53. The summed E-state index contributed by atoms with van der Waals surface area (Å²) in [7, 11) is 1.69. The summed E-state index contributed by atoms with van der Waals surface area (Å²) in [6.45, 7) is 0.854. The molecule has 3 heterocycles. The van der Waals surface area contributed by atoms with Crippen LogP contribution in [0.15, 0.2) is 48.5 Å². The standard InChI is InChI=1S/C26H26N2O2S/c1-30-18-12-10-16(11-13-18)14-21-19-7-3-2-6-17(19)15-28-24(21)27-25(29)23-20-8-4-5-9-22(20)31-26(23)28/h2-3,6-7,10-13,21,24H,4-5,8-9,14-15H2,1H3,(H,27,29)/t21-,24-/m0/s1. The first-order valence-corrected chi connectivity index (χ1v) is 12.0. The number of hydrogen-bond acceptors (Lipinski definition) is 4. The SMILES string of the molecule is COc1ccc(C[C@H]2c3ccccc3CN3c4sc5c(c4C(=O)N[C@H]23)CCCC5)cc1. The smallest absolute Gasteiger partial charge is 0.256 e. The van der Waals surface area contributed by atoms with Crippen LogP contribution in [0.3, 0.4) is 0 Å². The number of carbonyl (C=O) groups is 1. The molecule has 0 saturated heterocycles. The highest BCUT2D eigenvalue weighted by Crippen LogP contribution is 2.47. The molecular weight excluding hydrogens is 404 g/mol. The fourth-order valence-corrected chi connectivity index (χ4v) is 6.94. The molecule has 31 heavy (non-hydrogen) atoms. The summed E-state index contributed by atoms with van der Waals surface area (Å²) in [5.74, 6) is 1.19. The van der Waals surface area contributed by atoms with Crippen LogP contribution in [0, 0.1) is 0 Å². The number of benzene rings is 2. The summed E-state index contributed by atoms with van der Waals surface area (Å²) in [6.07, 6.45) is 5.44. The van der Waals surface area contributed by atoms with Crippen molar-refractivity contribution in [2.24, 2.45) is 0 Å². The van der Waals surface area contributed by atoms with E-state index < -0.39 is 0 Å². The maximum absolute atomic E-state index is 13.3. The van der Waals surface area contributed by atoms with Gasteiger partial charge in [0.1, 0.15) is 16.9 Å². The molecule has 3 aromatic rings. The number of anilines is 1. The average molecular weight is 431 g/mol. The fourth-order valence-electron chi connectivity index (χ4n) is 5.52. The van der Waals surface area contributed by atoms with Gasteiger partial charge in [0.15, 0.2) is 0 Å². The van der Waals surface area contributed by atoms with Gasteiger partial charge in [0.25, 0.3) is 5.91 Å². The third-order valence-electron chi connectivity index (χ3n) is 7.05. The van der Waals surface area contributed by atoms with Crippen molar-refractivity contribution >= 4 is 22.2 Å². The number of carbonyl (C=O) groups excluding carboxylic acids is 1. The Morgan fingerprint density at radius 2 is 1.90 bits per heavy atom. The van der Waals surface area contributed by atoms with Crippen LogP contribution in [0.2, 0.25) is 0 Å². The average Bonchev–Trinajstić information content (AvgIpc) is 3.21. The van der Waals surface area contributed by atoms with E-state index in [4.69, 9.17) is 4.74 Å². The molecule has 2 atom stereocenters. The molecule has 0 spiro atoms. The topological polar surface area (TPSA) is 41.6 Å². The predicted molar refractivity (Wildman–Crippen MR) is 124 cm³/mol. The van der Waals surface area contributed by atoms with Gasteiger partial charge in [-0.2, -0.15) is 0 Å². The summed E-state index contributed by atoms with van der Waals surface area (Å²) >= 11 is 1.86. The van der Waals surface area contributed by atoms with Crippen LogP contribution in [-0.4, -0.2) is 19.2 Å². The lowest BCUT2D eigenvalue weighted by Gasteiger charge is -2.46. The van der Waals surface area contributed by atoms with Crippen LogP contribution in [-0.2, 0) is 25.8 Å². The number of amides is 1. The Balaban J connectivity index is 1.43. The quantitative estimate of drug-likeness (QED) is 0.632. The molecule has 1 aromatic heterocycles. The van der Waals surface area contributed by atoms with Crippen molar-refractivity contribution in [1.82, 2.24) is 5.32 Å². The van der Waals surface area contributed by atoms with Crippen molar-refractivity contribution in [1.29, 1.82) is 0 Å². The zero-order valence-electron chi connectivity index (χ0n) is 17.7. The Hall–Kier alpha value is -2.79. The van der Waals surface area contributed by atoms with Crippen LogP contribution < -0.4 is 15.0 Å². The van der Waals surface area contributed by atoms with Gasteiger partial charge in [0.05, 0.1) is 12.7 Å². The molecule has 0 fully saturated rings. The Labute approximate surface area is 186 Å². The van der Waals surface area contributed by atoms with Crippen molar-refractivity contribution in [2.45, 2.75) is 50.7 Å². The first-order chi connectivity index (χ1) is 15.2. The minimum absolute atomic E-state index is 0.0166. The van der Waals surface area contributed by atoms with Gasteiger partial charge in [-0.15, -0.1) is 11.3 Å². The molecule has 1 aliphatic carbocycles. The lowest BCUT2D eigenvalue weighted by atomic mass is 9.81. The summed E-state index contributed by atoms with van der Waals surface area (Å²) in [4.78, 5) is 17.2. The summed E-state index contributed by atoms with van der Waals surface area (Å²) in [5.41, 5.74) is 6.25. The molecule has 158 valence electrons. The second kappa shape index (κ2) is 7.41. The minimum atomic E-state index is -0.0166. The van der Waals surface area contributed by atoms with E-state index in [1.807, 2.05) is 23.5 Å². The van der Waals surface area contributed by atoms with Gasteiger partial charge in [-0.25, -0.2) is 0 Å². The van der Waals surface area contributed by atoms with Crippen LogP contribution in [0.25, 0.3) is 0 Å². The van der Waals surface area contributed by atoms with E-state index in [2.05, 4.69) is 46.6 Å². The molecule has 0 bridgehead atoms. The van der Waals surface area contributed by atoms with Gasteiger partial charge in [-0.3, -0.25) is 4.79 Å². The summed E-state index contributed by atoms with van der Waals surface area (Å²) in [5, 5.41) is 4.60. The largest absolute Gasteiger partial charge is 0.497 e. The predicted octanol–water partition coefficient (Wildman–Crippen LogP) is 5.05. The third kappa shape index (κ3) is 3.06. The molecule has 0 radical (unpaired) electrons. The number of rotatable bonds is 3. The number of nitrogens with one attached hydrogen (secondary N) is 1. The van der Waals surface area contributed by atoms with E-state index in [9.17, 15) is 4.79 Å². The van der Waals surface area contributed by atoms with E-state index in [0.717, 1.165) is 37.1 Å². The van der Waals surface area contributed by atoms with Gasteiger partial charge >= 0.3 is 0 Å². The number of nitrogens with zero attached hydrogens (tertiary/aromatic N) is 1. The second-order valence-electron chi connectivity index (χ2n) is 8.79. The lowest BCUT2D eigenvalue weighted by Crippen LogP contribution is -2.57. The number of ether oxygens (including phenoxy) is 1. The Bertz CT molecular complexity index is 1150. The second-order valence-corrected chi connectivity index (χ2v) is 9.88. The van der Waals surface area contributed by atoms with E-state index in [1.165, 1.54) is 45.0 Å². The number of hydrogen-bond donors (Lipinski definition) is 1. The van der Waals surface area contributed by atoms with E-state index in [0.29, 0.717) is 0 Å². The number of aryl methyl sites for hydroxylation is 1. The molecule has 6 rings (SSSR count). The lowest BCUT2D eigenvalue weighted by molar-refractivity contribution is 0.0915. The van der Waals surface area contributed by atoms with E-state index >= 15 is 0 Å². The molecule has 1 amide bonds. The molecule has 0 saturated carbocycles. The first kappa shape index (κ1) is 18.9. The van der Waals surface area contributed by atoms with Crippen LogP contribution in [0.1, 0.15) is 56.2 Å². The number of thiophene rings is 1. The Morgan fingerprint density at radius 3 is 2.74 bits per heavy atom. The van der Waals surface area contributed by atoms with Crippen LogP contribution >= 0.6 is 11.3 Å². The first-order valence-electron chi connectivity index (χ1n) is 11.2. The highest BCUT2D eigenvalue weighted by atomic mass is 32.1.